The number of nitrogens with one attached hydrogen (secondary N) is 1. The summed E-state index contributed by atoms with van der Waals surface area (Å²) in [6, 6.07) is 15.1. The monoisotopic (exact) mass is 576 g/mol. The van der Waals surface area contributed by atoms with E-state index in [0.29, 0.717) is 25.4 Å². The molecule has 1 fully saturated rings. The highest BCUT2D eigenvalue weighted by molar-refractivity contribution is 7.92. The molecule has 2 aromatic carbocycles. The molecule has 4 aromatic rings. The number of anilines is 1. The Labute approximate surface area is 239 Å². The molecule has 1 aliphatic rings. The zero-order valence-corrected chi connectivity index (χ0v) is 24.2. The van der Waals surface area contributed by atoms with Gasteiger partial charge in [-0.1, -0.05) is 30.3 Å². The van der Waals surface area contributed by atoms with Gasteiger partial charge in [0.05, 0.1) is 38.0 Å². The largest absolute Gasteiger partial charge is 0.494 e. The lowest BCUT2D eigenvalue weighted by Gasteiger charge is -2.38. The molecule has 11 nitrogen and oxygen atoms in total. The van der Waals surface area contributed by atoms with Gasteiger partial charge in [0.1, 0.15) is 16.7 Å². The van der Waals surface area contributed by atoms with Crippen LogP contribution in [0.4, 0.5) is 5.95 Å². The van der Waals surface area contributed by atoms with Crippen molar-refractivity contribution in [2.75, 3.05) is 24.4 Å². The van der Waals surface area contributed by atoms with Crippen molar-refractivity contribution >= 4 is 21.9 Å². The summed E-state index contributed by atoms with van der Waals surface area (Å²) < 4.78 is 41.5. The SMILES string of the molecule is CCOc1cccc(CC(=O)N2CC(Oc3cc(-c4c(C)cccc4C)nc(NS(=O)(=O)c4cnn(C)c4)n3)C2)c1. The van der Waals surface area contributed by atoms with E-state index in [1.54, 1.807) is 18.0 Å². The molecule has 12 heteroatoms. The Balaban J connectivity index is 1.33. The van der Waals surface area contributed by atoms with Crippen LogP contribution in [0.5, 0.6) is 11.6 Å². The first-order valence-corrected chi connectivity index (χ1v) is 14.7. The predicted molar refractivity (Wildman–Crippen MR) is 153 cm³/mol. The molecule has 0 spiro atoms. The lowest BCUT2D eigenvalue weighted by Crippen LogP contribution is -2.56. The van der Waals surface area contributed by atoms with E-state index in [4.69, 9.17) is 9.47 Å². The average Bonchev–Trinajstić information content (AvgIpc) is 3.33. The van der Waals surface area contributed by atoms with Crippen LogP contribution in [0.15, 0.2) is 65.8 Å². The first kappa shape index (κ1) is 28.1. The number of sulfonamides is 1. The molecule has 0 bridgehead atoms. The van der Waals surface area contributed by atoms with Gasteiger partial charge in [0, 0.05) is 24.9 Å². The highest BCUT2D eigenvalue weighted by Crippen LogP contribution is 2.30. The van der Waals surface area contributed by atoms with Crippen molar-refractivity contribution in [3.05, 3.63) is 77.6 Å². The van der Waals surface area contributed by atoms with Crippen LogP contribution in [-0.2, 0) is 28.3 Å². The maximum atomic E-state index is 13.0. The summed E-state index contributed by atoms with van der Waals surface area (Å²) in [5, 5.41) is 3.94. The fourth-order valence-electron chi connectivity index (χ4n) is 4.68. The first-order valence-electron chi connectivity index (χ1n) is 13.2. The fraction of sp³-hybridized carbons (Fsp3) is 0.310. The van der Waals surface area contributed by atoms with Crippen LogP contribution in [0, 0.1) is 13.8 Å². The number of hydrogen-bond donors (Lipinski definition) is 1. The topological polar surface area (TPSA) is 129 Å². The second kappa shape index (κ2) is 11.6. The van der Waals surface area contributed by atoms with Crippen molar-refractivity contribution in [3.63, 3.8) is 0 Å². The number of carbonyl (C=O) groups is 1. The van der Waals surface area contributed by atoms with Crippen molar-refractivity contribution < 1.29 is 22.7 Å². The predicted octanol–water partition coefficient (Wildman–Crippen LogP) is 3.53. The van der Waals surface area contributed by atoms with Gasteiger partial charge in [-0.15, -0.1) is 0 Å². The van der Waals surface area contributed by atoms with Crippen LogP contribution >= 0.6 is 0 Å². The molecule has 1 N–H and O–H groups in total. The van der Waals surface area contributed by atoms with E-state index in [1.165, 1.54) is 17.1 Å². The van der Waals surface area contributed by atoms with Crippen molar-refractivity contribution in [1.29, 1.82) is 0 Å². The summed E-state index contributed by atoms with van der Waals surface area (Å²) in [7, 11) is -2.35. The van der Waals surface area contributed by atoms with Gasteiger partial charge >= 0.3 is 0 Å². The summed E-state index contributed by atoms with van der Waals surface area (Å²) in [5.74, 6) is 0.817. The van der Waals surface area contributed by atoms with E-state index in [9.17, 15) is 13.2 Å². The maximum absolute atomic E-state index is 13.0. The van der Waals surface area contributed by atoms with Crippen molar-refractivity contribution in [2.45, 2.75) is 38.2 Å². The minimum absolute atomic E-state index is 0.0107. The van der Waals surface area contributed by atoms with E-state index in [1.807, 2.05) is 63.2 Å². The highest BCUT2D eigenvalue weighted by Gasteiger charge is 2.33. The second-order valence-corrected chi connectivity index (χ2v) is 11.6. The number of likely N-dealkylation sites (tertiary alicyclic amines) is 1. The molecule has 1 amide bonds. The number of aromatic nitrogens is 4. The van der Waals surface area contributed by atoms with Crippen LogP contribution < -0.4 is 14.2 Å². The summed E-state index contributed by atoms with van der Waals surface area (Å²) in [5.41, 5.74) is 4.22. The molecule has 0 radical (unpaired) electrons. The Hall–Kier alpha value is -4.45. The number of ether oxygens (including phenoxy) is 2. The molecular weight excluding hydrogens is 544 g/mol. The molecule has 41 heavy (non-hydrogen) atoms. The Kier molecular flexibility index (Phi) is 7.93. The van der Waals surface area contributed by atoms with Gasteiger partial charge in [-0.3, -0.25) is 9.48 Å². The second-order valence-electron chi connectivity index (χ2n) is 9.93. The van der Waals surface area contributed by atoms with Gasteiger partial charge in [0.15, 0.2) is 0 Å². The molecule has 2 aromatic heterocycles. The summed E-state index contributed by atoms with van der Waals surface area (Å²) in [6.07, 6.45) is 2.61. The molecular formula is C29H32N6O5S. The molecule has 1 saturated heterocycles. The molecule has 0 saturated carbocycles. The third kappa shape index (κ3) is 6.49. The van der Waals surface area contributed by atoms with Gasteiger partial charge in [-0.05, 0) is 49.6 Å². The normalized spacial score (nSPS) is 13.5. The summed E-state index contributed by atoms with van der Waals surface area (Å²) >= 11 is 0. The fourth-order valence-corrected chi connectivity index (χ4v) is 5.61. The maximum Gasteiger partial charge on any atom is 0.267 e. The molecule has 1 aliphatic heterocycles. The minimum atomic E-state index is -3.98. The van der Waals surface area contributed by atoms with E-state index < -0.39 is 10.0 Å². The van der Waals surface area contributed by atoms with Crippen LogP contribution in [0.25, 0.3) is 11.3 Å². The van der Waals surface area contributed by atoms with E-state index in [-0.39, 0.29) is 35.2 Å². The number of aryl methyl sites for hydroxylation is 3. The first-order chi connectivity index (χ1) is 19.6. The molecule has 0 unspecified atom stereocenters. The number of carbonyl (C=O) groups excluding carboxylic acids is 1. The van der Waals surface area contributed by atoms with Crippen LogP contribution in [0.3, 0.4) is 0 Å². The molecule has 214 valence electrons. The van der Waals surface area contributed by atoms with Crippen molar-refractivity contribution in [2.24, 2.45) is 7.05 Å². The standard InChI is InChI=1S/C29H32N6O5S/c1-5-39-22-11-7-10-21(12-22)13-27(36)35-16-23(17-35)40-26-14-25(28-19(2)8-6-9-20(28)3)31-29(32-26)33-41(37,38)24-15-30-34(4)18-24/h6-12,14-15,18,23H,5,13,16-17H2,1-4H3,(H,31,32,33). The quantitative estimate of drug-likeness (QED) is 0.304. The Bertz CT molecular complexity index is 1660. The molecule has 3 heterocycles. The summed E-state index contributed by atoms with van der Waals surface area (Å²) in [4.78, 5) is 23.4. The van der Waals surface area contributed by atoms with E-state index >= 15 is 0 Å². The Morgan fingerprint density at radius 3 is 2.49 bits per heavy atom. The minimum Gasteiger partial charge on any atom is -0.494 e. The number of hydrogen-bond acceptors (Lipinski definition) is 8. The Morgan fingerprint density at radius 2 is 1.80 bits per heavy atom. The van der Waals surface area contributed by atoms with Gasteiger partial charge in [0.2, 0.25) is 17.7 Å². The molecule has 0 aliphatic carbocycles. The third-order valence-electron chi connectivity index (χ3n) is 6.71. The molecule has 0 atom stereocenters. The number of rotatable bonds is 10. The van der Waals surface area contributed by atoms with E-state index in [0.717, 1.165) is 28.0 Å². The van der Waals surface area contributed by atoms with Gasteiger partial charge in [-0.2, -0.15) is 10.1 Å². The number of benzene rings is 2. The number of amides is 1. The third-order valence-corrected chi connectivity index (χ3v) is 7.99. The lowest BCUT2D eigenvalue weighted by atomic mass is 10.00. The van der Waals surface area contributed by atoms with Crippen molar-refractivity contribution in [3.8, 4) is 22.9 Å². The zero-order chi connectivity index (χ0) is 29.1. The number of nitrogens with zero attached hydrogens (tertiary/aromatic N) is 5. The zero-order valence-electron chi connectivity index (χ0n) is 23.4. The summed E-state index contributed by atoms with van der Waals surface area (Å²) in [6.45, 7) is 7.18. The van der Waals surface area contributed by atoms with Crippen LogP contribution in [0.2, 0.25) is 0 Å². The highest BCUT2D eigenvalue weighted by atomic mass is 32.2. The van der Waals surface area contributed by atoms with Gasteiger partial charge < -0.3 is 14.4 Å². The van der Waals surface area contributed by atoms with Crippen molar-refractivity contribution in [1.82, 2.24) is 24.6 Å². The average molecular weight is 577 g/mol. The molecule has 5 rings (SSSR count). The van der Waals surface area contributed by atoms with Crippen LogP contribution in [-0.4, -0.2) is 64.8 Å². The van der Waals surface area contributed by atoms with Gasteiger partial charge in [-0.25, -0.2) is 18.1 Å². The Morgan fingerprint density at radius 1 is 1.07 bits per heavy atom. The lowest BCUT2D eigenvalue weighted by molar-refractivity contribution is -0.139. The van der Waals surface area contributed by atoms with Gasteiger partial charge in [0.25, 0.3) is 10.0 Å². The van der Waals surface area contributed by atoms with Crippen LogP contribution in [0.1, 0.15) is 23.6 Å². The van der Waals surface area contributed by atoms with E-state index in [2.05, 4.69) is 19.8 Å². The smallest absolute Gasteiger partial charge is 0.267 e.